The Labute approximate surface area is 133 Å². The first kappa shape index (κ1) is 15.6. The van der Waals surface area contributed by atoms with Gasteiger partial charge in [0.25, 0.3) is 10.0 Å². The van der Waals surface area contributed by atoms with Crippen LogP contribution >= 0.6 is 23.2 Å². The molecule has 0 aliphatic carbocycles. The molecule has 2 aromatic rings. The van der Waals surface area contributed by atoms with Crippen LogP contribution in [0.15, 0.2) is 47.4 Å². The Bertz CT molecular complexity index is 776. The Morgan fingerprint density at radius 1 is 1.05 bits per heavy atom. The standard InChI is InChI=1S/C14H10Cl2N2O2S/c15-11-7-12(16)9-14(8-11)21(19,20)18-13-3-1-10(2-4-13)5-6-17/h1-4,7-9,18H,5H2. The second-order valence-corrected chi connectivity index (χ2v) is 6.80. The van der Waals surface area contributed by atoms with E-state index in [1.165, 1.54) is 18.2 Å². The van der Waals surface area contributed by atoms with Crippen molar-refractivity contribution in [2.75, 3.05) is 4.72 Å². The second kappa shape index (κ2) is 6.35. The van der Waals surface area contributed by atoms with E-state index in [9.17, 15) is 8.42 Å². The van der Waals surface area contributed by atoms with E-state index >= 15 is 0 Å². The number of nitrogens with one attached hydrogen (secondary N) is 1. The average Bonchev–Trinajstić information content (AvgIpc) is 2.40. The predicted octanol–water partition coefficient (Wildman–Crippen LogP) is 3.86. The number of hydrogen-bond donors (Lipinski definition) is 1. The molecule has 0 heterocycles. The van der Waals surface area contributed by atoms with Gasteiger partial charge < -0.3 is 0 Å². The molecule has 7 heteroatoms. The molecule has 0 saturated carbocycles. The molecule has 0 radical (unpaired) electrons. The van der Waals surface area contributed by atoms with E-state index in [2.05, 4.69) is 4.72 Å². The summed E-state index contributed by atoms with van der Waals surface area (Å²) in [6.07, 6.45) is 0.275. The molecule has 0 fully saturated rings. The number of nitrogens with zero attached hydrogens (tertiary/aromatic N) is 1. The van der Waals surface area contributed by atoms with Gasteiger partial charge in [-0.1, -0.05) is 35.3 Å². The van der Waals surface area contributed by atoms with Crippen molar-refractivity contribution in [3.05, 3.63) is 58.1 Å². The third kappa shape index (κ3) is 4.11. The Morgan fingerprint density at radius 3 is 2.14 bits per heavy atom. The van der Waals surface area contributed by atoms with Crippen LogP contribution < -0.4 is 4.72 Å². The summed E-state index contributed by atoms with van der Waals surface area (Å²) in [5, 5.41) is 9.08. The first-order valence-corrected chi connectivity index (χ1v) is 8.09. The maximum Gasteiger partial charge on any atom is 0.261 e. The van der Waals surface area contributed by atoms with Gasteiger partial charge >= 0.3 is 0 Å². The van der Waals surface area contributed by atoms with E-state index in [0.717, 1.165) is 5.56 Å². The van der Waals surface area contributed by atoms with Crippen LogP contribution in [0.3, 0.4) is 0 Å². The van der Waals surface area contributed by atoms with E-state index in [0.29, 0.717) is 5.69 Å². The highest BCUT2D eigenvalue weighted by molar-refractivity contribution is 7.92. The Balaban J connectivity index is 2.26. The van der Waals surface area contributed by atoms with E-state index < -0.39 is 10.0 Å². The number of rotatable bonds is 4. The molecular weight excluding hydrogens is 331 g/mol. The van der Waals surface area contributed by atoms with Crippen molar-refractivity contribution in [3.63, 3.8) is 0 Å². The molecule has 2 rings (SSSR count). The summed E-state index contributed by atoms with van der Waals surface area (Å²) in [6.45, 7) is 0. The van der Waals surface area contributed by atoms with E-state index in [1.54, 1.807) is 24.3 Å². The van der Waals surface area contributed by atoms with Gasteiger partial charge in [0.2, 0.25) is 0 Å². The first-order valence-electron chi connectivity index (χ1n) is 5.85. The molecule has 2 aromatic carbocycles. The largest absolute Gasteiger partial charge is 0.280 e. The van der Waals surface area contributed by atoms with Crippen LogP contribution in [-0.4, -0.2) is 8.42 Å². The maximum atomic E-state index is 12.2. The molecule has 0 amide bonds. The fourth-order valence-electron chi connectivity index (χ4n) is 1.68. The monoisotopic (exact) mass is 340 g/mol. The molecular formula is C14H10Cl2N2O2S. The maximum absolute atomic E-state index is 12.2. The summed E-state index contributed by atoms with van der Waals surface area (Å²) in [6, 6.07) is 12.7. The normalized spacial score (nSPS) is 10.9. The molecule has 21 heavy (non-hydrogen) atoms. The van der Waals surface area contributed by atoms with Gasteiger partial charge in [0.05, 0.1) is 17.4 Å². The van der Waals surface area contributed by atoms with Gasteiger partial charge in [0, 0.05) is 15.7 Å². The molecule has 0 atom stereocenters. The molecule has 0 spiro atoms. The van der Waals surface area contributed by atoms with Crippen LogP contribution in [0.2, 0.25) is 10.0 Å². The minimum absolute atomic E-state index is 0.0129. The van der Waals surface area contributed by atoms with Gasteiger partial charge in [-0.15, -0.1) is 0 Å². The van der Waals surface area contributed by atoms with Crippen LogP contribution in [0.5, 0.6) is 0 Å². The molecule has 0 bridgehead atoms. The van der Waals surface area contributed by atoms with Gasteiger partial charge in [0.15, 0.2) is 0 Å². The summed E-state index contributed by atoms with van der Waals surface area (Å²) in [7, 11) is -3.77. The van der Waals surface area contributed by atoms with Crippen molar-refractivity contribution in [2.24, 2.45) is 0 Å². The minimum atomic E-state index is -3.77. The Hall–Kier alpha value is -1.74. The molecule has 0 saturated heterocycles. The zero-order valence-corrected chi connectivity index (χ0v) is 13.0. The van der Waals surface area contributed by atoms with Crippen LogP contribution in [0.4, 0.5) is 5.69 Å². The third-order valence-corrected chi connectivity index (χ3v) is 4.43. The summed E-state index contributed by atoms with van der Waals surface area (Å²) < 4.78 is 26.9. The van der Waals surface area contributed by atoms with Crippen molar-refractivity contribution in [1.29, 1.82) is 5.26 Å². The molecule has 4 nitrogen and oxygen atoms in total. The summed E-state index contributed by atoms with van der Waals surface area (Å²) in [5.74, 6) is 0. The number of anilines is 1. The predicted molar refractivity (Wildman–Crippen MR) is 83.0 cm³/mol. The zero-order valence-electron chi connectivity index (χ0n) is 10.7. The number of sulfonamides is 1. The summed E-state index contributed by atoms with van der Waals surface area (Å²) >= 11 is 11.6. The van der Waals surface area contributed by atoms with Crippen molar-refractivity contribution in [2.45, 2.75) is 11.3 Å². The van der Waals surface area contributed by atoms with Crippen molar-refractivity contribution >= 4 is 38.9 Å². The lowest BCUT2D eigenvalue weighted by Crippen LogP contribution is -2.13. The lowest BCUT2D eigenvalue weighted by Gasteiger charge is -2.09. The number of nitriles is 1. The smallest absolute Gasteiger partial charge is 0.261 e. The molecule has 108 valence electrons. The molecule has 0 unspecified atom stereocenters. The van der Waals surface area contributed by atoms with E-state index in [1.807, 2.05) is 6.07 Å². The van der Waals surface area contributed by atoms with Gasteiger partial charge in [-0.2, -0.15) is 5.26 Å². The number of benzene rings is 2. The average molecular weight is 341 g/mol. The molecule has 1 N–H and O–H groups in total. The summed E-state index contributed by atoms with van der Waals surface area (Å²) in [5.41, 5.74) is 1.21. The van der Waals surface area contributed by atoms with E-state index in [-0.39, 0.29) is 21.4 Å². The van der Waals surface area contributed by atoms with Crippen LogP contribution in [-0.2, 0) is 16.4 Å². The SMILES string of the molecule is N#CCc1ccc(NS(=O)(=O)c2cc(Cl)cc(Cl)c2)cc1. The molecule has 0 aromatic heterocycles. The lowest BCUT2D eigenvalue weighted by molar-refractivity contribution is 0.601. The van der Waals surface area contributed by atoms with Crippen molar-refractivity contribution < 1.29 is 8.42 Å². The second-order valence-electron chi connectivity index (χ2n) is 4.24. The van der Waals surface area contributed by atoms with Gasteiger partial charge in [-0.25, -0.2) is 8.42 Å². The molecule has 0 aliphatic rings. The fourth-order valence-corrected chi connectivity index (χ4v) is 3.46. The highest BCUT2D eigenvalue weighted by Gasteiger charge is 2.15. The highest BCUT2D eigenvalue weighted by Crippen LogP contribution is 2.24. The number of hydrogen-bond acceptors (Lipinski definition) is 3. The van der Waals surface area contributed by atoms with Crippen LogP contribution in [0.25, 0.3) is 0 Å². The van der Waals surface area contributed by atoms with Gasteiger partial charge in [0.1, 0.15) is 0 Å². The first-order chi connectivity index (χ1) is 9.90. The zero-order chi connectivity index (χ0) is 15.5. The van der Waals surface area contributed by atoms with Gasteiger partial charge in [-0.3, -0.25) is 4.72 Å². The van der Waals surface area contributed by atoms with Crippen LogP contribution in [0.1, 0.15) is 5.56 Å². The van der Waals surface area contributed by atoms with Gasteiger partial charge in [-0.05, 0) is 35.9 Å². The van der Waals surface area contributed by atoms with E-state index in [4.69, 9.17) is 28.5 Å². The quantitative estimate of drug-likeness (QED) is 0.918. The Morgan fingerprint density at radius 2 is 1.62 bits per heavy atom. The van der Waals surface area contributed by atoms with Crippen molar-refractivity contribution in [1.82, 2.24) is 0 Å². The highest BCUT2D eigenvalue weighted by atomic mass is 35.5. The lowest BCUT2D eigenvalue weighted by atomic mass is 10.1. The molecule has 0 aliphatic heterocycles. The fraction of sp³-hybridized carbons (Fsp3) is 0.0714. The van der Waals surface area contributed by atoms with Crippen molar-refractivity contribution in [3.8, 4) is 6.07 Å². The topological polar surface area (TPSA) is 70.0 Å². The third-order valence-electron chi connectivity index (χ3n) is 2.64. The minimum Gasteiger partial charge on any atom is -0.280 e. The summed E-state index contributed by atoms with van der Waals surface area (Å²) in [4.78, 5) is -0.0129. The Kier molecular flexibility index (Phi) is 4.73. The van der Waals surface area contributed by atoms with Crippen LogP contribution in [0, 0.1) is 11.3 Å². The number of halogens is 2.